The lowest BCUT2D eigenvalue weighted by atomic mass is 9.95. The lowest BCUT2D eigenvalue weighted by molar-refractivity contribution is -0.146. The smallest absolute Gasteiger partial charge is 0.251 e. The largest absolute Gasteiger partial charge is 0.376 e. The van der Waals surface area contributed by atoms with Crippen LogP contribution in [0.2, 0.25) is 0 Å². The molecule has 7 heteroatoms. The molecule has 2 fully saturated rings. The van der Waals surface area contributed by atoms with Crippen LogP contribution in [0.25, 0.3) is 0 Å². The van der Waals surface area contributed by atoms with E-state index in [2.05, 4.69) is 10.3 Å². The highest BCUT2D eigenvalue weighted by Gasteiger charge is 2.30. The molecule has 0 aliphatic carbocycles. The summed E-state index contributed by atoms with van der Waals surface area (Å²) in [5.41, 5.74) is 1.05. The van der Waals surface area contributed by atoms with Crippen molar-refractivity contribution in [3.8, 4) is 0 Å². The number of piperidine rings is 1. The van der Waals surface area contributed by atoms with Crippen molar-refractivity contribution in [3.05, 3.63) is 23.9 Å². The van der Waals surface area contributed by atoms with Gasteiger partial charge in [-0.3, -0.25) is 9.59 Å². The Morgan fingerprint density at radius 1 is 1.37 bits per heavy atom. The van der Waals surface area contributed by atoms with Gasteiger partial charge in [0, 0.05) is 31.8 Å². The number of carbonyl (C=O) groups is 2. The number of aromatic nitrogens is 1. The van der Waals surface area contributed by atoms with Crippen LogP contribution in [0.15, 0.2) is 18.3 Å². The van der Waals surface area contributed by atoms with Gasteiger partial charge in [-0.1, -0.05) is 0 Å². The summed E-state index contributed by atoms with van der Waals surface area (Å²) in [7, 11) is 0. The first-order valence-corrected chi connectivity index (χ1v) is 9.78. The standard InChI is InChI=1S/C20H29N3O4/c1-14-5-8-21-18(12-14)22-19(24)16-6-9-23(10-7-16)20(25)15(2)27-13-17-4-3-11-26-17/h5,8,12,15-17H,3-4,6-7,9-11,13H2,1-2H3,(H,21,22,24). The van der Waals surface area contributed by atoms with Gasteiger partial charge in [-0.15, -0.1) is 0 Å². The minimum atomic E-state index is -0.476. The van der Waals surface area contributed by atoms with Gasteiger partial charge in [0.25, 0.3) is 5.91 Å². The van der Waals surface area contributed by atoms with Crippen molar-refractivity contribution < 1.29 is 19.1 Å². The summed E-state index contributed by atoms with van der Waals surface area (Å²) in [4.78, 5) is 31.0. The Labute approximate surface area is 160 Å². The zero-order chi connectivity index (χ0) is 19.2. The molecule has 2 saturated heterocycles. The Bertz CT molecular complexity index is 652. The number of hydrogen-bond acceptors (Lipinski definition) is 5. The van der Waals surface area contributed by atoms with Gasteiger partial charge in [-0.25, -0.2) is 4.98 Å². The third kappa shape index (κ3) is 5.49. The molecule has 0 spiro atoms. The molecule has 2 unspecified atom stereocenters. The number of amides is 2. The number of likely N-dealkylation sites (tertiary alicyclic amines) is 1. The van der Waals surface area contributed by atoms with Crippen LogP contribution in [-0.2, 0) is 19.1 Å². The summed E-state index contributed by atoms with van der Waals surface area (Å²) in [6, 6.07) is 3.74. The maximum absolute atomic E-state index is 12.6. The molecular formula is C20H29N3O4. The number of aryl methyl sites for hydroxylation is 1. The van der Waals surface area contributed by atoms with Crippen LogP contribution in [-0.4, -0.2) is 60.2 Å². The minimum absolute atomic E-state index is 0.00722. The molecule has 1 aromatic rings. The second-order valence-electron chi connectivity index (χ2n) is 7.42. The van der Waals surface area contributed by atoms with E-state index in [0.717, 1.165) is 25.0 Å². The van der Waals surface area contributed by atoms with Crippen LogP contribution in [0.3, 0.4) is 0 Å². The zero-order valence-electron chi connectivity index (χ0n) is 16.1. The second-order valence-corrected chi connectivity index (χ2v) is 7.42. The van der Waals surface area contributed by atoms with Crippen LogP contribution in [0, 0.1) is 12.8 Å². The first kappa shape index (κ1) is 19.8. The highest BCUT2D eigenvalue weighted by atomic mass is 16.5. The predicted octanol–water partition coefficient (Wildman–Crippen LogP) is 2.15. The number of nitrogens with one attached hydrogen (secondary N) is 1. The molecule has 2 aliphatic rings. The van der Waals surface area contributed by atoms with E-state index >= 15 is 0 Å². The fourth-order valence-electron chi connectivity index (χ4n) is 3.55. The van der Waals surface area contributed by atoms with Crippen molar-refractivity contribution in [3.63, 3.8) is 0 Å². The molecule has 1 N–H and O–H groups in total. The Morgan fingerprint density at radius 3 is 2.81 bits per heavy atom. The fraction of sp³-hybridized carbons (Fsp3) is 0.650. The molecule has 2 aliphatic heterocycles. The Hall–Kier alpha value is -1.99. The van der Waals surface area contributed by atoms with Crippen molar-refractivity contribution in [2.24, 2.45) is 5.92 Å². The van der Waals surface area contributed by atoms with Crippen LogP contribution in [0.1, 0.15) is 38.2 Å². The average Bonchev–Trinajstić information content (AvgIpc) is 3.19. The second kappa shape index (κ2) is 9.28. The SMILES string of the molecule is Cc1ccnc(NC(=O)C2CCN(C(=O)C(C)OCC3CCCO3)CC2)c1. The van der Waals surface area contributed by atoms with E-state index in [9.17, 15) is 9.59 Å². The van der Waals surface area contributed by atoms with Gasteiger partial charge in [0.15, 0.2) is 0 Å². The highest BCUT2D eigenvalue weighted by Crippen LogP contribution is 2.21. The van der Waals surface area contributed by atoms with E-state index < -0.39 is 6.10 Å². The van der Waals surface area contributed by atoms with Gasteiger partial charge in [0.1, 0.15) is 11.9 Å². The Balaban J connectivity index is 1.42. The van der Waals surface area contributed by atoms with E-state index in [1.807, 2.05) is 19.1 Å². The molecule has 0 radical (unpaired) electrons. The number of anilines is 1. The van der Waals surface area contributed by atoms with Gasteiger partial charge in [0.05, 0.1) is 12.7 Å². The van der Waals surface area contributed by atoms with Crippen molar-refractivity contribution in [2.45, 2.75) is 51.7 Å². The molecule has 148 valence electrons. The van der Waals surface area contributed by atoms with E-state index in [1.165, 1.54) is 0 Å². The lowest BCUT2D eigenvalue weighted by Gasteiger charge is -2.33. The first-order valence-electron chi connectivity index (χ1n) is 9.78. The molecule has 3 rings (SSSR count). The number of nitrogens with zero attached hydrogens (tertiary/aromatic N) is 2. The van der Waals surface area contributed by atoms with Gasteiger partial charge >= 0.3 is 0 Å². The van der Waals surface area contributed by atoms with Crippen molar-refractivity contribution >= 4 is 17.6 Å². The molecule has 2 atom stereocenters. The summed E-state index contributed by atoms with van der Waals surface area (Å²) >= 11 is 0. The van der Waals surface area contributed by atoms with E-state index in [-0.39, 0.29) is 23.8 Å². The molecule has 3 heterocycles. The van der Waals surface area contributed by atoms with Crippen molar-refractivity contribution in [2.75, 3.05) is 31.6 Å². The topological polar surface area (TPSA) is 80.8 Å². The molecule has 27 heavy (non-hydrogen) atoms. The van der Waals surface area contributed by atoms with Crippen molar-refractivity contribution in [1.29, 1.82) is 0 Å². The van der Waals surface area contributed by atoms with Gasteiger partial charge in [-0.05, 0) is 57.2 Å². The van der Waals surface area contributed by atoms with Gasteiger partial charge < -0.3 is 19.7 Å². The maximum atomic E-state index is 12.6. The van der Waals surface area contributed by atoms with E-state index in [4.69, 9.17) is 9.47 Å². The number of ether oxygens (including phenoxy) is 2. The summed E-state index contributed by atoms with van der Waals surface area (Å²) < 4.78 is 11.2. The van der Waals surface area contributed by atoms with Crippen LogP contribution in [0.5, 0.6) is 0 Å². The summed E-state index contributed by atoms with van der Waals surface area (Å²) in [6.07, 6.45) is 4.69. The van der Waals surface area contributed by atoms with Crippen LogP contribution < -0.4 is 5.32 Å². The molecule has 7 nitrogen and oxygen atoms in total. The van der Waals surface area contributed by atoms with E-state index in [1.54, 1.807) is 18.0 Å². The van der Waals surface area contributed by atoms with Gasteiger partial charge in [0.2, 0.25) is 5.91 Å². The number of rotatable bonds is 6. The summed E-state index contributed by atoms with van der Waals surface area (Å²) in [5, 5.41) is 2.88. The monoisotopic (exact) mass is 375 g/mol. The van der Waals surface area contributed by atoms with Gasteiger partial charge in [-0.2, -0.15) is 0 Å². The highest BCUT2D eigenvalue weighted by molar-refractivity contribution is 5.92. The first-order chi connectivity index (χ1) is 13.0. The fourth-order valence-corrected chi connectivity index (χ4v) is 3.55. The van der Waals surface area contributed by atoms with E-state index in [0.29, 0.717) is 38.4 Å². The zero-order valence-corrected chi connectivity index (χ0v) is 16.1. The van der Waals surface area contributed by atoms with Crippen molar-refractivity contribution in [1.82, 2.24) is 9.88 Å². The number of pyridine rings is 1. The summed E-state index contributed by atoms with van der Waals surface area (Å²) in [5.74, 6) is 0.448. The molecule has 0 aromatic carbocycles. The number of carbonyl (C=O) groups excluding carboxylic acids is 2. The third-order valence-electron chi connectivity index (χ3n) is 5.25. The Kier molecular flexibility index (Phi) is 6.79. The van der Waals surface area contributed by atoms with Crippen LogP contribution in [0.4, 0.5) is 5.82 Å². The maximum Gasteiger partial charge on any atom is 0.251 e. The molecule has 2 amide bonds. The van der Waals surface area contributed by atoms with Crippen LogP contribution >= 0.6 is 0 Å². The molecule has 0 bridgehead atoms. The normalized spacial score (nSPS) is 21.9. The third-order valence-corrected chi connectivity index (χ3v) is 5.25. The molecular weight excluding hydrogens is 346 g/mol. The Morgan fingerprint density at radius 2 is 2.15 bits per heavy atom. The molecule has 1 aromatic heterocycles. The summed E-state index contributed by atoms with van der Waals surface area (Å²) in [6.45, 7) is 6.15. The lowest BCUT2D eigenvalue weighted by Crippen LogP contribution is -2.46. The molecule has 0 saturated carbocycles. The number of hydrogen-bond donors (Lipinski definition) is 1. The quantitative estimate of drug-likeness (QED) is 0.824. The minimum Gasteiger partial charge on any atom is -0.376 e. The predicted molar refractivity (Wildman–Crippen MR) is 101 cm³/mol. The average molecular weight is 375 g/mol.